The van der Waals surface area contributed by atoms with Gasteiger partial charge in [0.1, 0.15) is 0 Å². The summed E-state index contributed by atoms with van der Waals surface area (Å²) in [5.74, 6) is 0. The van der Waals surface area contributed by atoms with E-state index in [1.54, 1.807) is 0 Å². The second-order valence-corrected chi connectivity index (χ2v) is 4.80. The molecule has 1 heterocycles. The van der Waals surface area contributed by atoms with E-state index < -0.39 is 0 Å². The minimum absolute atomic E-state index is 0.164. The van der Waals surface area contributed by atoms with Crippen LogP contribution in [0.3, 0.4) is 0 Å². The zero-order valence-electron chi connectivity index (χ0n) is 9.85. The van der Waals surface area contributed by atoms with Crippen molar-refractivity contribution in [3.63, 3.8) is 0 Å². The Morgan fingerprint density at radius 2 is 2.00 bits per heavy atom. The average Bonchev–Trinajstić information content (AvgIpc) is 2.83. The molecule has 0 amide bonds. The fourth-order valence-corrected chi connectivity index (χ4v) is 1.77. The number of aliphatic hydroxyl groups excluding tert-OH is 1. The van der Waals surface area contributed by atoms with E-state index in [1.807, 2.05) is 20.2 Å². The smallest absolute Gasteiger partial charge is 0.0895 e. The molecular formula is C13H18N2O. The van der Waals surface area contributed by atoms with Crippen LogP contribution in [0.1, 0.15) is 19.4 Å². The van der Waals surface area contributed by atoms with Crippen LogP contribution in [0, 0.1) is 0 Å². The van der Waals surface area contributed by atoms with Gasteiger partial charge in [0.25, 0.3) is 0 Å². The van der Waals surface area contributed by atoms with Crippen LogP contribution in [0.2, 0.25) is 0 Å². The van der Waals surface area contributed by atoms with E-state index in [9.17, 15) is 5.11 Å². The van der Waals surface area contributed by atoms with Crippen LogP contribution in [0.25, 0.3) is 0 Å². The molecule has 1 aromatic carbocycles. The van der Waals surface area contributed by atoms with E-state index in [0.717, 1.165) is 18.7 Å². The van der Waals surface area contributed by atoms with Gasteiger partial charge in [0.15, 0.2) is 0 Å². The van der Waals surface area contributed by atoms with Crippen LogP contribution in [-0.2, 0) is 5.41 Å². The summed E-state index contributed by atoms with van der Waals surface area (Å²) in [6, 6.07) is 8.34. The van der Waals surface area contributed by atoms with Crippen molar-refractivity contribution >= 4 is 12.0 Å². The third-order valence-electron chi connectivity index (χ3n) is 3.07. The molecule has 0 aliphatic carbocycles. The molecule has 0 fully saturated rings. The van der Waals surface area contributed by atoms with Crippen molar-refractivity contribution in [2.75, 3.05) is 24.6 Å². The van der Waals surface area contributed by atoms with Crippen LogP contribution < -0.4 is 4.90 Å². The zero-order chi connectivity index (χ0) is 11.6. The number of hydrogen-bond acceptors (Lipinski definition) is 3. The first kappa shape index (κ1) is 11.1. The average molecular weight is 218 g/mol. The van der Waals surface area contributed by atoms with E-state index in [-0.39, 0.29) is 12.0 Å². The predicted molar refractivity (Wildman–Crippen MR) is 67.3 cm³/mol. The van der Waals surface area contributed by atoms with Crippen molar-refractivity contribution in [1.29, 1.82) is 0 Å². The Morgan fingerprint density at radius 1 is 1.31 bits per heavy atom. The van der Waals surface area contributed by atoms with Crippen LogP contribution in [0.15, 0.2) is 29.3 Å². The third kappa shape index (κ3) is 2.09. The molecule has 1 aliphatic heterocycles. The predicted octanol–water partition coefficient (Wildman–Crippen LogP) is 1.80. The van der Waals surface area contributed by atoms with Crippen molar-refractivity contribution in [2.24, 2.45) is 4.99 Å². The Balaban J connectivity index is 2.19. The topological polar surface area (TPSA) is 35.8 Å². The molecule has 0 saturated heterocycles. The summed E-state index contributed by atoms with van der Waals surface area (Å²) in [7, 11) is 0. The van der Waals surface area contributed by atoms with Gasteiger partial charge in [0.05, 0.1) is 19.5 Å². The summed E-state index contributed by atoms with van der Waals surface area (Å²) in [6.45, 7) is 6.09. The molecule has 0 saturated carbocycles. The highest BCUT2D eigenvalue weighted by atomic mass is 16.3. The monoisotopic (exact) mass is 218 g/mol. The molecule has 0 unspecified atom stereocenters. The van der Waals surface area contributed by atoms with E-state index in [4.69, 9.17) is 0 Å². The van der Waals surface area contributed by atoms with Gasteiger partial charge in [-0.2, -0.15) is 0 Å². The molecule has 1 aliphatic rings. The maximum atomic E-state index is 9.30. The Kier molecular flexibility index (Phi) is 2.97. The maximum absolute atomic E-state index is 9.30. The molecule has 1 aromatic rings. The number of aliphatic hydroxyl groups is 1. The molecule has 16 heavy (non-hydrogen) atoms. The molecule has 0 spiro atoms. The number of benzene rings is 1. The van der Waals surface area contributed by atoms with Gasteiger partial charge < -0.3 is 10.0 Å². The molecule has 86 valence electrons. The summed E-state index contributed by atoms with van der Waals surface area (Å²) in [5.41, 5.74) is 2.16. The van der Waals surface area contributed by atoms with E-state index in [2.05, 4.69) is 34.2 Å². The number of rotatable bonds is 3. The van der Waals surface area contributed by atoms with Crippen molar-refractivity contribution in [2.45, 2.75) is 19.3 Å². The van der Waals surface area contributed by atoms with Crippen LogP contribution >= 0.6 is 0 Å². The second-order valence-electron chi connectivity index (χ2n) is 4.80. The number of anilines is 1. The van der Waals surface area contributed by atoms with Crippen LogP contribution in [0.4, 0.5) is 5.69 Å². The lowest BCUT2D eigenvalue weighted by atomic mass is 9.85. The van der Waals surface area contributed by atoms with Crippen molar-refractivity contribution < 1.29 is 5.11 Å². The van der Waals surface area contributed by atoms with E-state index >= 15 is 0 Å². The second kappa shape index (κ2) is 4.26. The number of hydrogen-bond donors (Lipinski definition) is 1. The molecule has 3 nitrogen and oxygen atoms in total. The molecule has 1 N–H and O–H groups in total. The number of nitrogens with zero attached hydrogens (tertiary/aromatic N) is 2. The van der Waals surface area contributed by atoms with Gasteiger partial charge in [0, 0.05) is 17.6 Å². The Bertz CT molecular complexity index is 381. The Labute approximate surface area is 96.4 Å². The van der Waals surface area contributed by atoms with Gasteiger partial charge in [-0.25, -0.2) is 0 Å². The standard InChI is InChI=1S/C13H18N2O/c1-13(2,9-16)11-3-5-12(6-4-11)15-8-7-14-10-15/h3-6,10,16H,7-9H2,1-2H3. The highest BCUT2D eigenvalue weighted by Gasteiger charge is 2.19. The molecule has 0 atom stereocenters. The molecular weight excluding hydrogens is 200 g/mol. The Morgan fingerprint density at radius 3 is 2.50 bits per heavy atom. The highest BCUT2D eigenvalue weighted by Crippen LogP contribution is 2.25. The lowest BCUT2D eigenvalue weighted by Gasteiger charge is -2.23. The first-order chi connectivity index (χ1) is 7.63. The van der Waals surface area contributed by atoms with Gasteiger partial charge in [-0.15, -0.1) is 0 Å². The van der Waals surface area contributed by atoms with Gasteiger partial charge in [-0.05, 0) is 17.7 Å². The van der Waals surface area contributed by atoms with E-state index in [0.29, 0.717) is 0 Å². The normalized spacial score (nSPS) is 15.8. The molecule has 3 heteroatoms. The summed E-state index contributed by atoms with van der Waals surface area (Å²) in [5, 5.41) is 9.30. The lowest BCUT2D eigenvalue weighted by molar-refractivity contribution is 0.218. The molecule has 0 aromatic heterocycles. The van der Waals surface area contributed by atoms with Gasteiger partial charge in [0.2, 0.25) is 0 Å². The first-order valence-corrected chi connectivity index (χ1v) is 5.61. The fraction of sp³-hybridized carbons (Fsp3) is 0.462. The summed E-state index contributed by atoms with van der Waals surface area (Å²) >= 11 is 0. The molecule has 0 bridgehead atoms. The largest absolute Gasteiger partial charge is 0.395 e. The molecule has 0 radical (unpaired) electrons. The fourth-order valence-electron chi connectivity index (χ4n) is 1.77. The van der Waals surface area contributed by atoms with Crippen molar-refractivity contribution in [3.8, 4) is 0 Å². The van der Waals surface area contributed by atoms with Crippen LogP contribution in [-0.4, -0.2) is 31.1 Å². The summed E-state index contributed by atoms with van der Waals surface area (Å²) in [4.78, 5) is 6.32. The van der Waals surface area contributed by atoms with E-state index in [1.165, 1.54) is 5.69 Å². The van der Waals surface area contributed by atoms with Gasteiger partial charge >= 0.3 is 0 Å². The Hall–Kier alpha value is -1.35. The maximum Gasteiger partial charge on any atom is 0.0895 e. The van der Waals surface area contributed by atoms with Crippen molar-refractivity contribution in [1.82, 2.24) is 0 Å². The SMILES string of the molecule is CC(C)(CO)c1ccc(N2C=NCC2)cc1. The minimum Gasteiger partial charge on any atom is -0.395 e. The van der Waals surface area contributed by atoms with Crippen LogP contribution in [0.5, 0.6) is 0 Å². The van der Waals surface area contributed by atoms with Crippen molar-refractivity contribution in [3.05, 3.63) is 29.8 Å². The minimum atomic E-state index is -0.169. The first-order valence-electron chi connectivity index (χ1n) is 5.61. The zero-order valence-corrected chi connectivity index (χ0v) is 9.85. The third-order valence-corrected chi connectivity index (χ3v) is 3.07. The molecule has 2 rings (SSSR count). The highest BCUT2D eigenvalue weighted by molar-refractivity contribution is 5.80. The summed E-state index contributed by atoms with van der Waals surface area (Å²) < 4.78 is 0. The number of aliphatic imine (C=N–C) groups is 1. The lowest BCUT2D eigenvalue weighted by Crippen LogP contribution is -2.22. The quantitative estimate of drug-likeness (QED) is 0.839. The summed E-state index contributed by atoms with van der Waals surface area (Å²) in [6.07, 6.45) is 1.88. The van der Waals surface area contributed by atoms with Gasteiger partial charge in [-0.1, -0.05) is 26.0 Å². The van der Waals surface area contributed by atoms with Gasteiger partial charge in [-0.3, -0.25) is 4.99 Å².